The number of anilines is 1. The summed E-state index contributed by atoms with van der Waals surface area (Å²) in [5.41, 5.74) is 1.34. The van der Waals surface area contributed by atoms with Crippen LogP contribution in [0.25, 0.3) is 0 Å². The fourth-order valence-corrected chi connectivity index (χ4v) is 5.67. The van der Waals surface area contributed by atoms with E-state index in [-0.39, 0.29) is 31.1 Å². The highest BCUT2D eigenvalue weighted by Gasteiger charge is 2.46. The maximum Gasteiger partial charge on any atom is 0.321 e. The molecule has 2 N–H and O–H groups in total. The molecule has 2 aromatic heterocycles. The first-order valence-corrected chi connectivity index (χ1v) is 13.1. The van der Waals surface area contributed by atoms with Gasteiger partial charge in [0.1, 0.15) is 11.4 Å². The molecule has 3 amide bonds. The van der Waals surface area contributed by atoms with Crippen molar-refractivity contribution in [3.63, 3.8) is 0 Å². The molecule has 0 aromatic carbocycles. The molecule has 0 bridgehead atoms. The Bertz CT molecular complexity index is 1130. The fraction of sp³-hybridized carbons (Fsp3) is 0.630. The Morgan fingerprint density at radius 1 is 1.24 bits per heavy atom. The molecule has 0 radical (unpaired) electrons. The molecule has 5 heterocycles. The third-order valence-electron chi connectivity index (χ3n) is 7.95. The number of ether oxygens (including phenoxy) is 2. The molecule has 0 aliphatic carbocycles. The minimum Gasteiger partial charge on any atom is -0.495 e. The summed E-state index contributed by atoms with van der Waals surface area (Å²) in [6.45, 7) is 11.8. The number of pyridine rings is 1. The molecule has 11 heteroatoms. The lowest BCUT2D eigenvalue weighted by Crippen LogP contribution is -2.59. The van der Waals surface area contributed by atoms with Crippen molar-refractivity contribution in [2.75, 3.05) is 51.8 Å². The largest absolute Gasteiger partial charge is 0.495 e. The van der Waals surface area contributed by atoms with Crippen molar-refractivity contribution in [1.82, 2.24) is 29.9 Å². The lowest BCUT2D eigenvalue weighted by atomic mass is 9.99. The molecular formula is C27H41N7O4. The SMILES string of the molecule is C.COc1ccc(C(=O)Nc2n[nH]c3c2CN(C(=O)N2CCN(CC4CCOCC4)C[C@@H]2C)C3(C)C)nc1. The Kier molecular flexibility index (Phi) is 8.27. The van der Waals surface area contributed by atoms with Gasteiger partial charge in [-0.25, -0.2) is 9.78 Å². The predicted molar refractivity (Wildman–Crippen MR) is 144 cm³/mol. The van der Waals surface area contributed by atoms with E-state index in [1.54, 1.807) is 19.2 Å². The fourth-order valence-electron chi connectivity index (χ4n) is 5.67. The minimum absolute atomic E-state index is 0. The number of fused-ring (bicyclic) bond motifs is 1. The van der Waals surface area contributed by atoms with Crippen LogP contribution in [0, 0.1) is 5.92 Å². The lowest BCUT2D eigenvalue weighted by molar-refractivity contribution is 0.0290. The van der Waals surface area contributed by atoms with Gasteiger partial charge in [0.25, 0.3) is 5.91 Å². The number of aromatic amines is 1. The van der Waals surface area contributed by atoms with Gasteiger partial charge in [0.2, 0.25) is 0 Å². The van der Waals surface area contributed by atoms with E-state index in [0.29, 0.717) is 30.6 Å². The smallest absolute Gasteiger partial charge is 0.321 e. The number of nitrogens with one attached hydrogen (secondary N) is 2. The van der Waals surface area contributed by atoms with Gasteiger partial charge in [-0.05, 0) is 51.7 Å². The maximum atomic E-state index is 13.8. The van der Waals surface area contributed by atoms with Crippen molar-refractivity contribution in [1.29, 1.82) is 0 Å². The Morgan fingerprint density at radius 2 is 2.00 bits per heavy atom. The molecule has 2 saturated heterocycles. The number of rotatable bonds is 5. The second-order valence-corrected chi connectivity index (χ2v) is 10.7. The second-order valence-electron chi connectivity index (χ2n) is 10.7. The number of aromatic nitrogens is 3. The first-order chi connectivity index (χ1) is 17.8. The van der Waals surface area contributed by atoms with Gasteiger partial charge >= 0.3 is 6.03 Å². The summed E-state index contributed by atoms with van der Waals surface area (Å²) in [5.74, 6) is 1.32. The average Bonchev–Trinajstić information content (AvgIpc) is 3.42. The van der Waals surface area contributed by atoms with Crippen LogP contribution in [-0.2, 0) is 16.8 Å². The molecule has 2 fully saturated rings. The topological polar surface area (TPSA) is 116 Å². The van der Waals surface area contributed by atoms with Crippen LogP contribution in [0.5, 0.6) is 5.75 Å². The van der Waals surface area contributed by atoms with Gasteiger partial charge in [-0.3, -0.25) is 14.8 Å². The van der Waals surface area contributed by atoms with Crippen molar-refractivity contribution in [2.45, 2.75) is 59.2 Å². The van der Waals surface area contributed by atoms with E-state index in [4.69, 9.17) is 9.47 Å². The number of nitrogens with zero attached hydrogens (tertiary/aromatic N) is 5. The van der Waals surface area contributed by atoms with Gasteiger partial charge in [0.05, 0.1) is 31.1 Å². The Morgan fingerprint density at radius 3 is 2.66 bits per heavy atom. The van der Waals surface area contributed by atoms with E-state index >= 15 is 0 Å². The van der Waals surface area contributed by atoms with Crippen molar-refractivity contribution in [3.8, 4) is 5.75 Å². The van der Waals surface area contributed by atoms with Crippen LogP contribution < -0.4 is 10.1 Å². The van der Waals surface area contributed by atoms with Crippen molar-refractivity contribution < 1.29 is 19.1 Å². The van der Waals surface area contributed by atoms with Gasteiger partial charge in [-0.2, -0.15) is 5.10 Å². The second kappa shape index (κ2) is 11.3. The Hall–Kier alpha value is -3.18. The number of amides is 3. The third-order valence-corrected chi connectivity index (χ3v) is 7.95. The molecule has 3 aliphatic heterocycles. The number of hydrogen-bond donors (Lipinski definition) is 2. The standard InChI is InChI=1S/C26H37N7O4.CH4/c1-17-14-31(15-18-7-11-37-12-8-18)9-10-32(17)25(35)33-16-20-22(26(33,2)3)29-30-23(20)28-24(34)21-6-5-19(36-4)13-27-21;/h5-6,13,17-18H,7-12,14-16H2,1-4H3,(H2,28,29,30,34);1H4/t17-;/m0./s1. The summed E-state index contributed by atoms with van der Waals surface area (Å²) >= 11 is 0. The van der Waals surface area contributed by atoms with E-state index < -0.39 is 5.54 Å². The zero-order valence-electron chi connectivity index (χ0n) is 22.1. The van der Waals surface area contributed by atoms with Crippen LogP contribution in [-0.4, -0.2) is 94.4 Å². The normalized spacial score (nSPS) is 21.5. The van der Waals surface area contributed by atoms with E-state index in [0.717, 1.165) is 56.9 Å². The van der Waals surface area contributed by atoms with Crippen LogP contribution in [0.4, 0.5) is 10.6 Å². The lowest BCUT2D eigenvalue weighted by Gasteiger charge is -2.44. The van der Waals surface area contributed by atoms with E-state index in [1.807, 2.05) is 23.6 Å². The number of carbonyl (C=O) groups excluding carboxylic acids is 2. The monoisotopic (exact) mass is 527 g/mol. The number of carbonyl (C=O) groups is 2. The van der Waals surface area contributed by atoms with Crippen molar-refractivity contribution >= 4 is 17.8 Å². The van der Waals surface area contributed by atoms with Gasteiger partial charge in [-0.1, -0.05) is 7.43 Å². The first kappa shape index (κ1) is 27.8. The molecular weight excluding hydrogens is 486 g/mol. The van der Waals surface area contributed by atoms with Crippen LogP contribution in [0.1, 0.15) is 62.8 Å². The molecule has 11 nitrogen and oxygen atoms in total. The third kappa shape index (κ3) is 5.35. The zero-order chi connectivity index (χ0) is 26.2. The van der Waals surface area contributed by atoms with Crippen LogP contribution >= 0.6 is 0 Å². The predicted octanol–water partition coefficient (Wildman–Crippen LogP) is 3.31. The van der Waals surface area contributed by atoms with Gasteiger partial charge in [0, 0.05) is 51.0 Å². The first-order valence-electron chi connectivity index (χ1n) is 13.1. The highest BCUT2D eigenvalue weighted by Crippen LogP contribution is 2.41. The highest BCUT2D eigenvalue weighted by molar-refractivity contribution is 6.02. The Labute approximate surface area is 224 Å². The molecule has 2 aromatic rings. The molecule has 1 atom stereocenters. The number of urea groups is 1. The zero-order valence-corrected chi connectivity index (χ0v) is 22.1. The summed E-state index contributed by atoms with van der Waals surface area (Å²) in [4.78, 5) is 37.1. The quantitative estimate of drug-likeness (QED) is 0.613. The van der Waals surface area contributed by atoms with E-state index in [1.165, 1.54) is 6.20 Å². The van der Waals surface area contributed by atoms with Crippen LogP contribution in [0.3, 0.4) is 0 Å². The summed E-state index contributed by atoms with van der Waals surface area (Å²) in [7, 11) is 1.55. The number of methoxy groups -OCH3 is 1. The van der Waals surface area contributed by atoms with E-state index in [2.05, 4.69) is 32.3 Å². The van der Waals surface area contributed by atoms with Gasteiger partial charge in [0.15, 0.2) is 5.82 Å². The number of hydrogen-bond acceptors (Lipinski definition) is 7. The number of piperazine rings is 1. The van der Waals surface area contributed by atoms with Crippen molar-refractivity contribution in [2.24, 2.45) is 5.92 Å². The molecule has 3 aliphatic rings. The summed E-state index contributed by atoms with van der Waals surface area (Å²) in [6.07, 6.45) is 3.74. The summed E-state index contributed by atoms with van der Waals surface area (Å²) in [5, 5.41) is 10.3. The van der Waals surface area contributed by atoms with Gasteiger partial charge in [-0.15, -0.1) is 0 Å². The van der Waals surface area contributed by atoms with Crippen LogP contribution in [0.15, 0.2) is 18.3 Å². The minimum atomic E-state index is -0.584. The van der Waals surface area contributed by atoms with E-state index in [9.17, 15) is 9.59 Å². The molecule has 38 heavy (non-hydrogen) atoms. The van der Waals surface area contributed by atoms with Crippen LogP contribution in [0.2, 0.25) is 0 Å². The number of H-pyrrole nitrogens is 1. The average molecular weight is 528 g/mol. The molecule has 208 valence electrons. The highest BCUT2D eigenvalue weighted by atomic mass is 16.5. The van der Waals surface area contributed by atoms with Gasteiger partial charge < -0.3 is 24.6 Å². The summed E-state index contributed by atoms with van der Waals surface area (Å²) in [6, 6.07) is 3.42. The molecule has 5 rings (SSSR count). The van der Waals surface area contributed by atoms with Crippen molar-refractivity contribution in [3.05, 3.63) is 35.3 Å². The maximum absolute atomic E-state index is 13.8. The molecule has 0 unspecified atom stereocenters. The Balaban J connectivity index is 0.00000336. The summed E-state index contributed by atoms with van der Waals surface area (Å²) < 4.78 is 10.6. The molecule has 0 spiro atoms. The molecule has 0 saturated carbocycles.